The minimum atomic E-state index is -3.69. The second-order valence-corrected chi connectivity index (χ2v) is 10.0. The maximum Gasteiger partial charge on any atom is 0.244 e. The van der Waals surface area contributed by atoms with E-state index in [4.69, 9.17) is 11.6 Å². The molecule has 3 rings (SSSR count). The lowest BCUT2D eigenvalue weighted by atomic mass is 10.0. The minimum Gasteiger partial charge on any atom is -0.348 e. The molecule has 1 N–H and O–H groups in total. The molecule has 29 heavy (non-hydrogen) atoms. The molecule has 0 aliphatic heterocycles. The van der Waals surface area contributed by atoms with Crippen LogP contribution < -0.4 is 9.62 Å². The van der Waals surface area contributed by atoms with E-state index in [9.17, 15) is 13.2 Å². The monoisotopic (exact) mass is 434 g/mol. The number of nitrogens with zero attached hydrogens (tertiary/aromatic N) is 1. The highest BCUT2D eigenvalue weighted by Crippen LogP contribution is 2.28. The molecule has 0 spiro atoms. The fourth-order valence-electron chi connectivity index (χ4n) is 3.81. The lowest BCUT2D eigenvalue weighted by Crippen LogP contribution is -2.48. The van der Waals surface area contributed by atoms with Crippen molar-refractivity contribution in [3.8, 4) is 0 Å². The van der Waals surface area contributed by atoms with Crippen molar-refractivity contribution >= 4 is 33.2 Å². The summed E-state index contributed by atoms with van der Waals surface area (Å²) in [7, 11) is -3.69. The summed E-state index contributed by atoms with van der Waals surface area (Å²) in [5.74, 6) is -0.361. The molecule has 156 valence electrons. The minimum absolute atomic E-state index is 0.223. The number of benzene rings is 2. The van der Waals surface area contributed by atoms with Crippen LogP contribution in [0.5, 0.6) is 0 Å². The Hall–Kier alpha value is -2.05. The van der Waals surface area contributed by atoms with Gasteiger partial charge >= 0.3 is 0 Å². The molecule has 1 aliphatic rings. The summed E-state index contributed by atoms with van der Waals surface area (Å²) in [6, 6.07) is 10.1. The fraction of sp³-hybridized carbons (Fsp3) is 0.409. The van der Waals surface area contributed by atoms with Crippen LogP contribution >= 0.6 is 11.6 Å². The van der Waals surface area contributed by atoms with Crippen LogP contribution in [0.2, 0.25) is 5.02 Å². The van der Waals surface area contributed by atoms with Crippen LogP contribution in [0.15, 0.2) is 36.4 Å². The molecule has 0 aromatic heterocycles. The zero-order valence-electron chi connectivity index (χ0n) is 17.2. The van der Waals surface area contributed by atoms with Gasteiger partial charge in [-0.3, -0.25) is 9.10 Å². The van der Waals surface area contributed by atoms with Crippen LogP contribution in [-0.2, 0) is 27.7 Å². The summed E-state index contributed by atoms with van der Waals surface area (Å²) in [5, 5.41) is 3.41. The van der Waals surface area contributed by atoms with E-state index in [2.05, 4.69) is 17.4 Å². The van der Waals surface area contributed by atoms with Gasteiger partial charge in [0.1, 0.15) is 6.04 Å². The van der Waals surface area contributed by atoms with Crippen molar-refractivity contribution in [2.45, 2.75) is 52.1 Å². The van der Waals surface area contributed by atoms with Gasteiger partial charge in [0.15, 0.2) is 0 Å². The van der Waals surface area contributed by atoms with Crippen molar-refractivity contribution in [1.29, 1.82) is 0 Å². The number of anilines is 1. The average molecular weight is 435 g/mol. The van der Waals surface area contributed by atoms with E-state index in [0.717, 1.165) is 34.5 Å². The van der Waals surface area contributed by atoms with Crippen molar-refractivity contribution in [1.82, 2.24) is 5.32 Å². The summed E-state index contributed by atoms with van der Waals surface area (Å²) in [4.78, 5) is 12.9. The first-order valence-corrected chi connectivity index (χ1v) is 12.0. The molecule has 0 saturated heterocycles. The molecule has 1 amide bonds. The van der Waals surface area contributed by atoms with Crippen molar-refractivity contribution < 1.29 is 13.2 Å². The number of sulfonamides is 1. The quantitative estimate of drug-likeness (QED) is 0.741. The number of aryl methyl sites for hydroxylation is 3. The summed E-state index contributed by atoms with van der Waals surface area (Å²) in [5.41, 5.74) is 4.95. The summed E-state index contributed by atoms with van der Waals surface area (Å²) < 4.78 is 26.0. The van der Waals surface area contributed by atoms with Crippen LogP contribution in [0.1, 0.15) is 48.6 Å². The topological polar surface area (TPSA) is 66.5 Å². The van der Waals surface area contributed by atoms with Gasteiger partial charge in [0.05, 0.1) is 18.0 Å². The predicted octanol–water partition coefficient (Wildman–Crippen LogP) is 4.17. The average Bonchev–Trinajstić information content (AvgIpc) is 3.11. The third kappa shape index (κ3) is 4.75. The standard InChI is InChI=1S/C22H27ClN2O3S/c1-14-8-11-20(13-21(14)23)25(29(4,27)28)16(3)22(26)24-15(2)18-10-9-17-6-5-7-19(17)12-18/h8-13,15-16H,5-7H2,1-4H3,(H,24,26)/t15-,16-/m1/s1. The van der Waals surface area contributed by atoms with Crippen molar-refractivity contribution in [3.05, 3.63) is 63.7 Å². The van der Waals surface area contributed by atoms with Gasteiger partial charge in [0, 0.05) is 5.02 Å². The Morgan fingerprint density at radius 2 is 1.79 bits per heavy atom. The maximum atomic E-state index is 12.9. The smallest absolute Gasteiger partial charge is 0.244 e. The van der Waals surface area contributed by atoms with Gasteiger partial charge in [-0.25, -0.2) is 8.42 Å². The summed E-state index contributed by atoms with van der Waals surface area (Å²) in [6.07, 6.45) is 4.43. The van der Waals surface area contributed by atoms with Gasteiger partial charge in [-0.1, -0.05) is 35.9 Å². The number of hydrogen-bond acceptors (Lipinski definition) is 3. The number of fused-ring (bicyclic) bond motifs is 1. The molecule has 0 heterocycles. The van der Waals surface area contributed by atoms with E-state index < -0.39 is 16.1 Å². The second-order valence-electron chi connectivity index (χ2n) is 7.78. The lowest BCUT2D eigenvalue weighted by Gasteiger charge is -2.29. The molecule has 0 saturated carbocycles. The Labute approximate surface area is 178 Å². The number of nitrogens with one attached hydrogen (secondary N) is 1. The third-order valence-corrected chi connectivity index (χ3v) is 7.13. The molecule has 0 bridgehead atoms. The first-order valence-electron chi connectivity index (χ1n) is 9.75. The van der Waals surface area contributed by atoms with E-state index in [1.165, 1.54) is 17.5 Å². The Balaban J connectivity index is 1.81. The number of carbonyl (C=O) groups excluding carboxylic acids is 1. The first kappa shape index (κ1) is 21.7. The number of amides is 1. The SMILES string of the molecule is Cc1ccc(N([C@H](C)C(=O)N[C@H](C)c2ccc3c(c2)CCC3)S(C)(=O)=O)cc1Cl. The molecular weight excluding hydrogens is 408 g/mol. The van der Waals surface area contributed by atoms with Gasteiger partial charge in [-0.2, -0.15) is 0 Å². The van der Waals surface area contributed by atoms with Gasteiger partial charge in [0.25, 0.3) is 0 Å². The van der Waals surface area contributed by atoms with Gasteiger partial charge in [-0.05, 0) is 74.4 Å². The zero-order valence-corrected chi connectivity index (χ0v) is 18.8. The van der Waals surface area contributed by atoms with Crippen LogP contribution in [0.4, 0.5) is 5.69 Å². The van der Waals surface area contributed by atoms with E-state index in [1.807, 2.05) is 19.9 Å². The van der Waals surface area contributed by atoms with Crippen molar-refractivity contribution in [3.63, 3.8) is 0 Å². The Kier molecular flexibility index (Phi) is 6.24. The highest BCUT2D eigenvalue weighted by atomic mass is 35.5. The Morgan fingerprint density at radius 3 is 2.45 bits per heavy atom. The molecule has 1 aliphatic carbocycles. The molecular formula is C22H27ClN2O3S. The van der Waals surface area contributed by atoms with Crippen LogP contribution in [0.3, 0.4) is 0 Å². The van der Waals surface area contributed by atoms with E-state index >= 15 is 0 Å². The molecule has 2 aromatic rings. The van der Waals surface area contributed by atoms with Crippen LogP contribution in [-0.4, -0.2) is 26.6 Å². The molecule has 7 heteroatoms. The lowest BCUT2D eigenvalue weighted by molar-refractivity contribution is -0.122. The molecule has 0 fully saturated rings. The molecule has 2 atom stereocenters. The molecule has 0 radical (unpaired) electrons. The Morgan fingerprint density at radius 1 is 1.10 bits per heavy atom. The van der Waals surface area contributed by atoms with E-state index in [1.54, 1.807) is 25.1 Å². The van der Waals surface area contributed by atoms with Crippen LogP contribution in [0, 0.1) is 6.92 Å². The summed E-state index contributed by atoms with van der Waals surface area (Å²) in [6.45, 7) is 5.33. The number of halogens is 1. The van der Waals surface area contributed by atoms with Crippen LogP contribution in [0.25, 0.3) is 0 Å². The molecule has 2 aromatic carbocycles. The Bertz CT molecular complexity index is 1040. The number of hydrogen-bond donors (Lipinski definition) is 1. The normalized spacial score (nSPS) is 15.5. The van der Waals surface area contributed by atoms with Gasteiger partial charge < -0.3 is 5.32 Å². The van der Waals surface area contributed by atoms with E-state index in [0.29, 0.717) is 10.7 Å². The molecule has 5 nitrogen and oxygen atoms in total. The highest BCUT2D eigenvalue weighted by Gasteiger charge is 2.30. The molecule has 0 unspecified atom stereocenters. The van der Waals surface area contributed by atoms with Gasteiger partial charge in [-0.15, -0.1) is 0 Å². The maximum absolute atomic E-state index is 12.9. The third-order valence-electron chi connectivity index (χ3n) is 5.48. The fourth-order valence-corrected chi connectivity index (χ4v) is 5.15. The summed E-state index contributed by atoms with van der Waals surface area (Å²) >= 11 is 6.18. The zero-order chi connectivity index (χ0) is 21.3. The van der Waals surface area contributed by atoms with Crippen molar-refractivity contribution in [2.24, 2.45) is 0 Å². The first-order chi connectivity index (χ1) is 13.6. The number of carbonyl (C=O) groups is 1. The van der Waals surface area contributed by atoms with Crippen molar-refractivity contribution in [2.75, 3.05) is 10.6 Å². The highest BCUT2D eigenvalue weighted by molar-refractivity contribution is 7.92. The van der Waals surface area contributed by atoms with Gasteiger partial charge in [0.2, 0.25) is 15.9 Å². The second kappa shape index (κ2) is 8.36. The number of rotatable bonds is 6. The predicted molar refractivity (Wildman–Crippen MR) is 118 cm³/mol. The van der Waals surface area contributed by atoms with E-state index in [-0.39, 0.29) is 11.9 Å². The largest absolute Gasteiger partial charge is 0.348 e.